The van der Waals surface area contributed by atoms with E-state index in [1.165, 1.54) is 5.06 Å². The molecule has 1 aromatic carbocycles. The summed E-state index contributed by atoms with van der Waals surface area (Å²) >= 11 is 0. The number of amides is 3. The number of hydrazine groups is 1. The standard InChI is InChI=1S/C21H29N3O6/c1-13(2)28-20(26)22-23(21(27)29-14(3)4)17-11-10-15-12-18(25)24(30-19(15)17)16-8-6-5-7-9-16/h5-9,13-15,17,19H,10-12H2,1-4H3,(H,22,26)/t15-,17?,19+/m0/s1. The van der Waals surface area contributed by atoms with E-state index in [4.69, 9.17) is 14.3 Å². The molecule has 164 valence electrons. The van der Waals surface area contributed by atoms with Crippen LogP contribution in [-0.4, -0.2) is 47.5 Å². The number of fused-ring (bicyclic) bond motifs is 1. The highest BCUT2D eigenvalue weighted by atomic mass is 16.7. The minimum Gasteiger partial charge on any atom is -0.446 e. The van der Waals surface area contributed by atoms with E-state index >= 15 is 0 Å². The average molecular weight is 419 g/mol. The van der Waals surface area contributed by atoms with Crippen molar-refractivity contribution in [2.24, 2.45) is 5.92 Å². The van der Waals surface area contributed by atoms with Crippen molar-refractivity contribution in [3.8, 4) is 0 Å². The number of anilines is 1. The molecule has 1 saturated carbocycles. The predicted octanol–water partition coefficient (Wildman–Crippen LogP) is 3.40. The average Bonchev–Trinajstić information content (AvgIpc) is 3.07. The van der Waals surface area contributed by atoms with Crippen LogP contribution >= 0.6 is 0 Å². The summed E-state index contributed by atoms with van der Waals surface area (Å²) in [5.74, 6) is -0.189. The summed E-state index contributed by atoms with van der Waals surface area (Å²) in [6.45, 7) is 6.89. The third-order valence-corrected chi connectivity index (χ3v) is 4.98. The summed E-state index contributed by atoms with van der Waals surface area (Å²) in [6.07, 6.45) is -1.07. The van der Waals surface area contributed by atoms with Gasteiger partial charge in [0.15, 0.2) is 0 Å². The number of ether oxygens (including phenoxy) is 2. The van der Waals surface area contributed by atoms with E-state index in [9.17, 15) is 14.4 Å². The first-order valence-corrected chi connectivity index (χ1v) is 10.3. The van der Waals surface area contributed by atoms with Crippen LogP contribution in [0.25, 0.3) is 0 Å². The topological polar surface area (TPSA) is 97.4 Å². The fraction of sp³-hybridized carbons (Fsp3) is 0.571. The molecule has 3 rings (SSSR count). The minimum absolute atomic E-state index is 0.0558. The van der Waals surface area contributed by atoms with Crippen LogP contribution in [0.4, 0.5) is 15.3 Å². The van der Waals surface area contributed by atoms with Gasteiger partial charge in [-0.2, -0.15) is 5.06 Å². The van der Waals surface area contributed by atoms with E-state index in [0.29, 0.717) is 24.9 Å². The number of carbonyl (C=O) groups is 3. The van der Waals surface area contributed by atoms with Crippen LogP contribution in [0.1, 0.15) is 47.0 Å². The SMILES string of the molecule is CC(C)OC(=O)NN(C(=O)OC(C)C)C1CC[C@H]2CC(=O)N(c3ccccc3)O[C@@H]12. The number of para-hydroxylation sites is 1. The van der Waals surface area contributed by atoms with Gasteiger partial charge in [0.1, 0.15) is 6.10 Å². The molecule has 0 bridgehead atoms. The predicted molar refractivity (Wildman–Crippen MR) is 108 cm³/mol. The molecule has 1 aliphatic heterocycles. The third-order valence-electron chi connectivity index (χ3n) is 4.98. The summed E-state index contributed by atoms with van der Waals surface area (Å²) < 4.78 is 10.5. The summed E-state index contributed by atoms with van der Waals surface area (Å²) in [6, 6.07) is 8.56. The molecule has 1 unspecified atom stereocenters. The maximum absolute atomic E-state index is 12.7. The van der Waals surface area contributed by atoms with Crippen LogP contribution in [0, 0.1) is 5.92 Å². The highest BCUT2D eigenvalue weighted by Gasteiger charge is 2.49. The van der Waals surface area contributed by atoms with Crippen LogP contribution in [0.3, 0.4) is 0 Å². The molecular weight excluding hydrogens is 390 g/mol. The van der Waals surface area contributed by atoms with Crippen molar-refractivity contribution in [3.63, 3.8) is 0 Å². The second kappa shape index (κ2) is 9.34. The molecule has 0 aromatic heterocycles. The van der Waals surface area contributed by atoms with Gasteiger partial charge < -0.3 is 9.47 Å². The maximum Gasteiger partial charge on any atom is 0.429 e. The second-order valence-corrected chi connectivity index (χ2v) is 8.07. The van der Waals surface area contributed by atoms with Crippen molar-refractivity contribution in [1.82, 2.24) is 10.4 Å². The fourth-order valence-corrected chi connectivity index (χ4v) is 3.80. The van der Waals surface area contributed by atoms with Gasteiger partial charge in [-0.1, -0.05) is 18.2 Å². The zero-order valence-electron chi connectivity index (χ0n) is 17.7. The summed E-state index contributed by atoms with van der Waals surface area (Å²) in [5, 5.41) is 2.42. The van der Waals surface area contributed by atoms with E-state index in [-0.39, 0.29) is 24.0 Å². The molecule has 9 nitrogen and oxygen atoms in total. The minimum atomic E-state index is -0.749. The maximum atomic E-state index is 12.7. The lowest BCUT2D eigenvalue weighted by atomic mass is 9.98. The Labute approximate surface area is 176 Å². The summed E-state index contributed by atoms with van der Waals surface area (Å²) in [5.41, 5.74) is 3.13. The van der Waals surface area contributed by atoms with Crippen molar-refractivity contribution in [2.45, 2.75) is 71.3 Å². The van der Waals surface area contributed by atoms with E-state index in [0.717, 1.165) is 5.01 Å². The Morgan fingerprint density at radius 3 is 2.40 bits per heavy atom. The molecule has 9 heteroatoms. The molecule has 0 spiro atoms. The number of hydrogen-bond donors (Lipinski definition) is 1. The van der Waals surface area contributed by atoms with Crippen molar-refractivity contribution >= 4 is 23.8 Å². The van der Waals surface area contributed by atoms with Gasteiger partial charge in [0.25, 0.3) is 5.91 Å². The molecule has 3 atom stereocenters. The molecule has 1 aromatic rings. The molecule has 1 heterocycles. The molecule has 0 radical (unpaired) electrons. The number of carbonyl (C=O) groups excluding carboxylic acids is 3. The molecule has 1 N–H and O–H groups in total. The Bertz CT molecular complexity index is 769. The van der Waals surface area contributed by atoms with Crippen LogP contribution in [0.15, 0.2) is 30.3 Å². The smallest absolute Gasteiger partial charge is 0.429 e. The van der Waals surface area contributed by atoms with Gasteiger partial charge in [-0.3, -0.25) is 9.63 Å². The number of nitrogens with one attached hydrogen (secondary N) is 1. The highest BCUT2D eigenvalue weighted by Crippen LogP contribution is 2.39. The third kappa shape index (κ3) is 5.02. The number of hydroxylamine groups is 1. The Morgan fingerprint density at radius 2 is 1.77 bits per heavy atom. The quantitative estimate of drug-likeness (QED) is 0.752. The number of rotatable bonds is 4. The summed E-state index contributed by atoms with van der Waals surface area (Å²) in [4.78, 5) is 43.6. The van der Waals surface area contributed by atoms with E-state index < -0.39 is 24.3 Å². The molecule has 2 aliphatic rings. The molecule has 1 saturated heterocycles. The zero-order valence-corrected chi connectivity index (χ0v) is 17.7. The molecular formula is C21H29N3O6. The van der Waals surface area contributed by atoms with Crippen LogP contribution in [-0.2, 0) is 19.1 Å². The lowest BCUT2D eigenvalue weighted by Gasteiger charge is -2.39. The molecule has 1 aliphatic carbocycles. The number of benzene rings is 1. The first-order chi connectivity index (χ1) is 14.3. The first kappa shape index (κ1) is 21.9. The van der Waals surface area contributed by atoms with Crippen molar-refractivity contribution in [3.05, 3.63) is 30.3 Å². The Balaban J connectivity index is 1.81. The first-order valence-electron chi connectivity index (χ1n) is 10.3. The highest BCUT2D eigenvalue weighted by molar-refractivity contribution is 5.92. The van der Waals surface area contributed by atoms with E-state index in [1.807, 2.05) is 18.2 Å². The van der Waals surface area contributed by atoms with Crippen LogP contribution in [0.5, 0.6) is 0 Å². The van der Waals surface area contributed by atoms with Gasteiger partial charge in [-0.25, -0.2) is 20.0 Å². The Morgan fingerprint density at radius 1 is 1.10 bits per heavy atom. The van der Waals surface area contributed by atoms with E-state index in [1.54, 1.807) is 39.8 Å². The fourth-order valence-electron chi connectivity index (χ4n) is 3.80. The van der Waals surface area contributed by atoms with Crippen LogP contribution in [0.2, 0.25) is 0 Å². The van der Waals surface area contributed by atoms with Gasteiger partial charge >= 0.3 is 12.2 Å². The van der Waals surface area contributed by atoms with Crippen molar-refractivity contribution in [2.75, 3.05) is 5.06 Å². The monoisotopic (exact) mass is 419 g/mol. The number of hydrogen-bond acceptors (Lipinski definition) is 6. The lowest BCUT2D eigenvalue weighted by Crippen LogP contribution is -2.58. The molecule has 3 amide bonds. The van der Waals surface area contributed by atoms with Gasteiger partial charge in [0, 0.05) is 6.42 Å². The van der Waals surface area contributed by atoms with Crippen LogP contribution < -0.4 is 10.5 Å². The van der Waals surface area contributed by atoms with E-state index in [2.05, 4.69) is 5.43 Å². The lowest BCUT2D eigenvalue weighted by molar-refractivity contribution is -0.142. The Hall–Kier alpha value is -2.81. The summed E-state index contributed by atoms with van der Waals surface area (Å²) in [7, 11) is 0. The second-order valence-electron chi connectivity index (χ2n) is 8.07. The van der Waals surface area contributed by atoms with Crippen molar-refractivity contribution in [1.29, 1.82) is 0 Å². The van der Waals surface area contributed by atoms with Crippen molar-refractivity contribution < 1.29 is 28.7 Å². The molecule has 2 fully saturated rings. The Kier molecular flexibility index (Phi) is 6.81. The van der Waals surface area contributed by atoms with Gasteiger partial charge in [0.2, 0.25) is 0 Å². The van der Waals surface area contributed by atoms with Gasteiger partial charge in [-0.05, 0) is 58.6 Å². The van der Waals surface area contributed by atoms with Gasteiger partial charge in [-0.15, -0.1) is 0 Å². The number of nitrogens with zero attached hydrogens (tertiary/aromatic N) is 2. The van der Waals surface area contributed by atoms with Gasteiger partial charge in [0.05, 0.1) is 23.9 Å². The normalized spacial score (nSPS) is 23.3. The largest absolute Gasteiger partial charge is 0.446 e. The molecule has 30 heavy (non-hydrogen) atoms. The zero-order chi connectivity index (χ0) is 21.8.